The van der Waals surface area contributed by atoms with Crippen molar-refractivity contribution in [2.24, 2.45) is 11.8 Å². The second-order valence-corrected chi connectivity index (χ2v) is 9.02. The van der Waals surface area contributed by atoms with Crippen LogP contribution in [0.25, 0.3) is 0 Å². The fourth-order valence-corrected chi connectivity index (χ4v) is 4.04. The van der Waals surface area contributed by atoms with Crippen LogP contribution in [-0.4, -0.2) is 24.7 Å². The number of carbonyl (C=O) groups is 2. The maximum atomic E-state index is 13.3. The summed E-state index contributed by atoms with van der Waals surface area (Å²) in [4.78, 5) is 28.3. The second-order valence-electron chi connectivity index (χ2n) is 9.02. The summed E-state index contributed by atoms with van der Waals surface area (Å²) >= 11 is 0. The molecule has 3 nitrogen and oxygen atoms in total. The number of benzene rings is 2. The van der Waals surface area contributed by atoms with Crippen molar-refractivity contribution in [2.45, 2.75) is 47.0 Å². The molecule has 1 aliphatic heterocycles. The molecule has 0 bridgehead atoms. The van der Waals surface area contributed by atoms with E-state index in [9.17, 15) is 9.59 Å². The molecule has 1 atom stereocenters. The van der Waals surface area contributed by atoms with E-state index in [1.54, 1.807) is 0 Å². The fraction of sp³-hybridized carbons (Fsp3) is 0.407. The molecule has 30 heavy (non-hydrogen) atoms. The van der Waals surface area contributed by atoms with E-state index in [0.717, 1.165) is 22.4 Å². The zero-order valence-corrected chi connectivity index (χ0v) is 18.8. The van der Waals surface area contributed by atoms with Gasteiger partial charge in [0.25, 0.3) is 0 Å². The molecule has 1 unspecified atom stereocenters. The smallest absolute Gasteiger partial charge is 0.146 e. The van der Waals surface area contributed by atoms with Gasteiger partial charge in [-0.3, -0.25) is 9.59 Å². The van der Waals surface area contributed by atoms with Crippen molar-refractivity contribution >= 4 is 17.3 Å². The van der Waals surface area contributed by atoms with Crippen molar-refractivity contribution in [2.75, 3.05) is 18.0 Å². The number of Topliss-reactive ketones (excluding diaryl/α,β-unsaturated/α-hetero) is 2. The van der Waals surface area contributed by atoms with Gasteiger partial charge in [-0.25, -0.2) is 0 Å². The monoisotopic (exact) mass is 403 g/mol. The topological polar surface area (TPSA) is 37.4 Å². The van der Waals surface area contributed by atoms with Crippen molar-refractivity contribution in [1.82, 2.24) is 0 Å². The maximum Gasteiger partial charge on any atom is 0.146 e. The zero-order chi connectivity index (χ0) is 21.8. The van der Waals surface area contributed by atoms with E-state index >= 15 is 0 Å². The minimum absolute atomic E-state index is 0.0110. The average Bonchev–Trinajstić information content (AvgIpc) is 3.12. The van der Waals surface area contributed by atoms with Crippen LogP contribution in [0.15, 0.2) is 65.7 Å². The molecule has 2 aromatic carbocycles. The minimum atomic E-state index is -0.295. The molecule has 3 heteroatoms. The molecule has 0 aliphatic carbocycles. The van der Waals surface area contributed by atoms with Gasteiger partial charge >= 0.3 is 0 Å². The molecule has 0 aromatic heterocycles. The Hall–Kier alpha value is -2.68. The zero-order valence-electron chi connectivity index (χ0n) is 18.8. The first-order valence-electron chi connectivity index (χ1n) is 10.9. The van der Waals surface area contributed by atoms with Gasteiger partial charge in [0.1, 0.15) is 11.6 Å². The molecule has 0 saturated heterocycles. The number of aryl methyl sites for hydroxylation is 1. The summed E-state index contributed by atoms with van der Waals surface area (Å²) in [6, 6.07) is 18.5. The van der Waals surface area contributed by atoms with E-state index < -0.39 is 0 Å². The quantitative estimate of drug-likeness (QED) is 0.528. The van der Waals surface area contributed by atoms with Crippen molar-refractivity contribution in [3.63, 3.8) is 0 Å². The standard InChI is InChI=1S/C27H33NO2/c1-18(2)25(29)15-22-16-28(23-13-11-20(5)12-14-23)17-24(22)26(27(30)19(3)4)21-9-7-6-8-10-21/h6-14,18-19,26H,15-17H2,1-5H3. The number of anilines is 1. The van der Waals surface area contributed by atoms with Gasteiger partial charge in [-0.2, -0.15) is 0 Å². The lowest BCUT2D eigenvalue weighted by atomic mass is 9.81. The third kappa shape index (κ3) is 4.89. The Morgan fingerprint density at radius 2 is 1.50 bits per heavy atom. The van der Waals surface area contributed by atoms with E-state index in [2.05, 4.69) is 36.1 Å². The van der Waals surface area contributed by atoms with Gasteiger partial charge < -0.3 is 4.90 Å². The Labute approximate surface area is 180 Å². The summed E-state index contributed by atoms with van der Waals surface area (Å²) in [6.45, 7) is 11.3. The SMILES string of the molecule is Cc1ccc(N2CC(CC(=O)C(C)C)=C(C(C(=O)C(C)C)c3ccccc3)C2)cc1. The normalized spacial score (nSPS) is 15.2. The van der Waals surface area contributed by atoms with Crippen LogP contribution < -0.4 is 4.90 Å². The molecule has 158 valence electrons. The van der Waals surface area contributed by atoms with E-state index in [1.165, 1.54) is 5.56 Å². The van der Waals surface area contributed by atoms with Crippen molar-refractivity contribution in [3.05, 3.63) is 76.9 Å². The highest BCUT2D eigenvalue weighted by molar-refractivity contribution is 5.92. The van der Waals surface area contributed by atoms with Crippen LogP contribution in [0.3, 0.4) is 0 Å². The number of hydrogen-bond acceptors (Lipinski definition) is 3. The van der Waals surface area contributed by atoms with Gasteiger partial charge in [0.15, 0.2) is 0 Å². The first-order chi connectivity index (χ1) is 14.3. The fourth-order valence-electron chi connectivity index (χ4n) is 4.04. The summed E-state index contributed by atoms with van der Waals surface area (Å²) in [5.41, 5.74) is 5.59. The van der Waals surface area contributed by atoms with Crippen LogP contribution in [0, 0.1) is 18.8 Å². The highest BCUT2D eigenvalue weighted by atomic mass is 16.1. The first kappa shape index (κ1) is 22.0. The maximum absolute atomic E-state index is 13.3. The van der Waals surface area contributed by atoms with Crippen LogP contribution in [0.5, 0.6) is 0 Å². The van der Waals surface area contributed by atoms with Crippen molar-refractivity contribution in [3.8, 4) is 0 Å². The summed E-state index contributed by atoms with van der Waals surface area (Å²) in [5, 5.41) is 0. The molecule has 1 aliphatic rings. The lowest BCUT2D eigenvalue weighted by molar-refractivity contribution is -0.123. The molecule has 3 rings (SSSR count). The van der Waals surface area contributed by atoms with Gasteiger partial charge in [0.2, 0.25) is 0 Å². The van der Waals surface area contributed by atoms with Gasteiger partial charge in [0, 0.05) is 37.0 Å². The van der Waals surface area contributed by atoms with Gasteiger partial charge in [-0.05, 0) is 35.8 Å². The van der Waals surface area contributed by atoms with Crippen LogP contribution in [-0.2, 0) is 9.59 Å². The Morgan fingerprint density at radius 1 is 0.867 bits per heavy atom. The Bertz CT molecular complexity index is 923. The van der Waals surface area contributed by atoms with Crippen LogP contribution >= 0.6 is 0 Å². The van der Waals surface area contributed by atoms with E-state index in [0.29, 0.717) is 19.5 Å². The summed E-state index contributed by atoms with van der Waals surface area (Å²) in [5.74, 6) is 0.0754. The predicted molar refractivity (Wildman–Crippen MR) is 124 cm³/mol. The van der Waals surface area contributed by atoms with E-state index in [1.807, 2.05) is 58.0 Å². The molecule has 1 heterocycles. The third-order valence-electron chi connectivity index (χ3n) is 5.96. The predicted octanol–water partition coefficient (Wildman–Crippen LogP) is 5.74. The molecule has 0 fully saturated rings. The number of ketones is 2. The number of carbonyl (C=O) groups excluding carboxylic acids is 2. The minimum Gasteiger partial charge on any atom is -0.363 e. The van der Waals surface area contributed by atoms with Crippen molar-refractivity contribution < 1.29 is 9.59 Å². The van der Waals surface area contributed by atoms with E-state index in [4.69, 9.17) is 0 Å². The molecule has 0 N–H and O–H groups in total. The molecule has 0 saturated carbocycles. The Balaban J connectivity index is 2.03. The largest absolute Gasteiger partial charge is 0.363 e. The third-order valence-corrected chi connectivity index (χ3v) is 5.96. The second kappa shape index (κ2) is 9.42. The Morgan fingerprint density at radius 3 is 2.07 bits per heavy atom. The molecular formula is C27H33NO2. The van der Waals surface area contributed by atoms with Gasteiger partial charge in [-0.1, -0.05) is 75.7 Å². The summed E-state index contributed by atoms with van der Waals surface area (Å²) in [7, 11) is 0. The van der Waals surface area contributed by atoms with Crippen molar-refractivity contribution in [1.29, 1.82) is 0 Å². The first-order valence-corrected chi connectivity index (χ1v) is 10.9. The molecule has 0 spiro atoms. The van der Waals surface area contributed by atoms with Crippen LogP contribution in [0.1, 0.15) is 51.2 Å². The number of nitrogens with zero attached hydrogens (tertiary/aromatic N) is 1. The van der Waals surface area contributed by atoms with Gasteiger partial charge in [-0.15, -0.1) is 0 Å². The Kier molecular flexibility index (Phi) is 6.91. The van der Waals surface area contributed by atoms with E-state index in [-0.39, 0.29) is 29.3 Å². The lowest BCUT2D eigenvalue weighted by Gasteiger charge is -2.23. The number of hydrogen-bond donors (Lipinski definition) is 0. The molecule has 0 amide bonds. The summed E-state index contributed by atoms with van der Waals surface area (Å²) < 4.78 is 0. The lowest BCUT2D eigenvalue weighted by Crippen LogP contribution is -2.25. The van der Waals surface area contributed by atoms with Gasteiger partial charge in [0.05, 0.1) is 5.92 Å². The number of rotatable bonds is 8. The van der Waals surface area contributed by atoms with Crippen LogP contribution in [0.2, 0.25) is 0 Å². The highest BCUT2D eigenvalue weighted by Gasteiger charge is 2.34. The van der Waals surface area contributed by atoms with Crippen LogP contribution in [0.4, 0.5) is 5.69 Å². The molecule has 0 radical (unpaired) electrons. The highest BCUT2D eigenvalue weighted by Crippen LogP contribution is 2.37. The summed E-state index contributed by atoms with van der Waals surface area (Å²) in [6.07, 6.45) is 0.421. The molecule has 2 aromatic rings. The average molecular weight is 404 g/mol. The molecular weight excluding hydrogens is 370 g/mol.